The van der Waals surface area contributed by atoms with Gasteiger partial charge in [-0.2, -0.15) is 0 Å². The van der Waals surface area contributed by atoms with Gasteiger partial charge in [-0.25, -0.2) is 0 Å². The van der Waals surface area contributed by atoms with Crippen LogP contribution < -0.4 is 5.32 Å². The third kappa shape index (κ3) is 6.04. The Morgan fingerprint density at radius 2 is 1.84 bits per heavy atom. The normalized spacial score (nSPS) is 19.7. The van der Waals surface area contributed by atoms with Crippen molar-refractivity contribution >= 4 is 0 Å². The Morgan fingerprint density at radius 3 is 2.32 bits per heavy atom. The topological polar surface area (TPSA) is 33.7 Å². The van der Waals surface area contributed by atoms with Gasteiger partial charge in [-0.3, -0.25) is 4.90 Å². The number of piperidine rings is 1. The summed E-state index contributed by atoms with van der Waals surface area (Å²) in [6.07, 6.45) is 4.54. The van der Waals surface area contributed by atoms with Crippen LogP contribution in [0.3, 0.4) is 0 Å². The van der Waals surface area contributed by atoms with Gasteiger partial charge in [-0.05, 0) is 46.7 Å². The monoisotopic (exact) mass is 270 g/mol. The predicted molar refractivity (Wildman–Crippen MR) is 79.3 cm³/mol. The zero-order valence-electron chi connectivity index (χ0n) is 13.1. The van der Waals surface area contributed by atoms with Crippen LogP contribution in [0.15, 0.2) is 11.6 Å². The van der Waals surface area contributed by atoms with Crippen LogP contribution in [0.2, 0.25) is 0 Å². The van der Waals surface area contributed by atoms with Gasteiger partial charge in [-0.1, -0.05) is 11.6 Å². The maximum absolute atomic E-state index is 5.29. The number of ether oxygens (including phenoxy) is 2. The van der Waals surface area contributed by atoms with Gasteiger partial charge in [0.1, 0.15) is 0 Å². The van der Waals surface area contributed by atoms with Crippen LogP contribution in [0.4, 0.5) is 0 Å². The zero-order valence-corrected chi connectivity index (χ0v) is 13.1. The highest BCUT2D eigenvalue weighted by Gasteiger charge is 2.23. The van der Waals surface area contributed by atoms with E-state index in [0.29, 0.717) is 6.04 Å². The number of hydrogen-bond donors (Lipinski definition) is 1. The van der Waals surface area contributed by atoms with Crippen molar-refractivity contribution in [3.05, 3.63) is 11.6 Å². The van der Waals surface area contributed by atoms with Gasteiger partial charge in [0.2, 0.25) is 0 Å². The highest BCUT2D eigenvalue weighted by Crippen LogP contribution is 2.12. The molecule has 1 atom stereocenters. The maximum atomic E-state index is 5.29. The summed E-state index contributed by atoms with van der Waals surface area (Å²) in [5.74, 6) is 0. The maximum Gasteiger partial charge on any atom is 0.171 e. The van der Waals surface area contributed by atoms with Gasteiger partial charge < -0.3 is 14.8 Å². The SMILES string of the molecule is COC(OC)C(C)NC1CCN(CC=C(C)C)CC1. The van der Waals surface area contributed by atoms with Crippen molar-refractivity contribution in [2.75, 3.05) is 33.9 Å². The third-order valence-corrected chi connectivity index (χ3v) is 3.72. The molecule has 1 unspecified atom stereocenters. The van der Waals surface area contributed by atoms with E-state index in [2.05, 4.69) is 37.1 Å². The summed E-state index contributed by atoms with van der Waals surface area (Å²) in [6.45, 7) is 9.85. The molecule has 1 N–H and O–H groups in total. The minimum Gasteiger partial charge on any atom is -0.354 e. The molecule has 0 bridgehead atoms. The molecule has 0 spiro atoms. The number of allylic oxidation sites excluding steroid dienone is 1. The van der Waals surface area contributed by atoms with E-state index in [1.807, 2.05) is 0 Å². The standard InChI is InChI=1S/C15H30N2O2/c1-12(2)6-9-17-10-7-14(8-11-17)16-13(3)15(18-4)19-5/h6,13-16H,7-11H2,1-5H3. The van der Waals surface area contributed by atoms with Crippen LogP contribution in [0.5, 0.6) is 0 Å². The van der Waals surface area contributed by atoms with Crippen molar-refractivity contribution in [3.63, 3.8) is 0 Å². The summed E-state index contributed by atoms with van der Waals surface area (Å²) >= 11 is 0. The molecule has 19 heavy (non-hydrogen) atoms. The molecule has 1 heterocycles. The summed E-state index contributed by atoms with van der Waals surface area (Å²) in [7, 11) is 3.38. The van der Waals surface area contributed by atoms with Crippen molar-refractivity contribution in [3.8, 4) is 0 Å². The Morgan fingerprint density at radius 1 is 1.26 bits per heavy atom. The summed E-state index contributed by atoms with van der Waals surface area (Å²) < 4.78 is 10.6. The van der Waals surface area contributed by atoms with Crippen molar-refractivity contribution in [2.45, 2.75) is 52.0 Å². The molecule has 4 heteroatoms. The second-order valence-electron chi connectivity index (χ2n) is 5.65. The lowest BCUT2D eigenvalue weighted by molar-refractivity contribution is -0.121. The minimum absolute atomic E-state index is 0.163. The van der Waals surface area contributed by atoms with Crippen LogP contribution in [-0.4, -0.2) is 57.1 Å². The van der Waals surface area contributed by atoms with Gasteiger partial charge in [0.15, 0.2) is 6.29 Å². The van der Waals surface area contributed by atoms with E-state index in [1.165, 1.54) is 31.5 Å². The Labute approximate surface area is 118 Å². The molecule has 1 fully saturated rings. The predicted octanol–water partition coefficient (Wildman–Crippen LogP) is 2.01. The van der Waals surface area contributed by atoms with Crippen molar-refractivity contribution in [1.82, 2.24) is 10.2 Å². The molecule has 0 aromatic heterocycles. The molecular formula is C15H30N2O2. The second-order valence-corrected chi connectivity index (χ2v) is 5.65. The van der Waals surface area contributed by atoms with Crippen LogP contribution >= 0.6 is 0 Å². The Hall–Kier alpha value is -0.420. The van der Waals surface area contributed by atoms with Crippen LogP contribution in [0.25, 0.3) is 0 Å². The lowest BCUT2D eigenvalue weighted by atomic mass is 10.0. The van der Waals surface area contributed by atoms with Crippen molar-refractivity contribution < 1.29 is 9.47 Å². The Balaban J connectivity index is 2.28. The lowest BCUT2D eigenvalue weighted by Gasteiger charge is -2.34. The molecule has 1 aliphatic heterocycles. The fraction of sp³-hybridized carbons (Fsp3) is 0.867. The van der Waals surface area contributed by atoms with E-state index in [0.717, 1.165) is 6.54 Å². The minimum atomic E-state index is -0.163. The van der Waals surface area contributed by atoms with Gasteiger partial charge in [-0.15, -0.1) is 0 Å². The number of likely N-dealkylation sites (tertiary alicyclic amines) is 1. The molecule has 0 saturated carbocycles. The Bertz CT molecular complexity index is 265. The number of nitrogens with zero attached hydrogens (tertiary/aromatic N) is 1. The largest absolute Gasteiger partial charge is 0.354 e. The summed E-state index contributed by atoms with van der Waals surface area (Å²) in [4.78, 5) is 2.51. The quantitative estimate of drug-likeness (QED) is 0.567. The van der Waals surface area contributed by atoms with Gasteiger partial charge in [0, 0.05) is 26.8 Å². The first kappa shape index (κ1) is 16.6. The van der Waals surface area contributed by atoms with Crippen LogP contribution in [0.1, 0.15) is 33.6 Å². The fourth-order valence-electron chi connectivity index (χ4n) is 2.55. The van der Waals surface area contributed by atoms with Crippen molar-refractivity contribution in [2.24, 2.45) is 0 Å². The first-order valence-electron chi connectivity index (χ1n) is 7.24. The zero-order chi connectivity index (χ0) is 14.3. The lowest BCUT2D eigenvalue weighted by Crippen LogP contribution is -2.49. The molecule has 1 aliphatic rings. The van der Waals surface area contributed by atoms with Gasteiger partial charge in [0.05, 0.1) is 6.04 Å². The number of methoxy groups -OCH3 is 2. The first-order valence-corrected chi connectivity index (χ1v) is 7.24. The van der Waals surface area contributed by atoms with E-state index >= 15 is 0 Å². The van der Waals surface area contributed by atoms with E-state index in [1.54, 1.807) is 14.2 Å². The smallest absolute Gasteiger partial charge is 0.171 e. The second kappa shape index (κ2) is 8.69. The summed E-state index contributed by atoms with van der Waals surface area (Å²) in [5.41, 5.74) is 1.40. The number of hydrogen-bond acceptors (Lipinski definition) is 4. The molecule has 0 amide bonds. The molecule has 0 aromatic rings. The average molecular weight is 270 g/mol. The molecule has 0 aliphatic carbocycles. The van der Waals surface area contributed by atoms with E-state index in [4.69, 9.17) is 9.47 Å². The molecule has 0 aromatic carbocycles. The molecule has 1 saturated heterocycles. The molecule has 112 valence electrons. The van der Waals surface area contributed by atoms with E-state index in [9.17, 15) is 0 Å². The fourth-order valence-corrected chi connectivity index (χ4v) is 2.55. The van der Waals surface area contributed by atoms with Crippen LogP contribution in [-0.2, 0) is 9.47 Å². The van der Waals surface area contributed by atoms with E-state index in [-0.39, 0.29) is 12.3 Å². The van der Waals surface area contributed by atoms with Gasteiger partial charge >= 0.3 is 0 Å². The number of nitrogens with one attached hydrogen (secondary N) is 1. The summed E-state index contributed by atoms with van der Waals surface area (Å²) in [6, 6.07) is 0.801. The summed E-state index contributed by atoms with van der Waals surface area (Å²) in [5, 5.41) is 3.61. The van der Waals surface area contributed by atoms with E-state index < -0.39 is 0 Å². The highest BCUT2D eigenvalue weighted by molar-refractivity contribution is 4.95. The highest BCUT2D eigenvalue weighted by atomic mass is 16.7. The van der Waals surface area contributed by atoms with Crippen LogP contribution in [0, 0.1) is 0 Å². The molecule has 0 radical (unpaired) electrons. The first-order chi connectivity index (χ1) is 9.06. The molecule has 1 rings (SSSR count). The Kier molecular flexibility index (Phi) is 7.61. The number of rotatable bonds is 7. The molecular weight excluding hydrogens is 240 g/mol. The van der Waals surface area contributed by atoms with Gasteiger partial charge in [0.25, 0.3) is 0 Å². The van der Waals surface area contributed by atoms with Crippen molar-refractivity contribution in [1.29, 1.82) is 0 Å². The molecule has 4 nitrogen and oxygen atoms in total. The third-order valence-electron chi connectivity index (χ3n) is 3.72. The average Bonchev–Trinajstić information content (AvgIpc) is 2.39.